The fourth-order valence-corrected chi connectivity index (χ4v) is 5.11. The number of sulfonamides is 1. The van der Waals surface area contributed by atoms with Crippen molar-refractivity contribution < 1.29 is 22.7 Å². The summed E-state index contributed by atoms with van der Waals surface area (Å²) in [6.45, 7) is 2.82. The van der Waals surface area contributed by atoms with Gasteiger partial charge in [0.2, 0.25) is 10.0 Å². The van der Waals surface area contributed by atoms with Crippen molar-refractivity contribution in [1.29, 1.82) is 0 Å². The van der Waals surface area contributed by atoms with Crippen LogP contribution in [0.15, 0.2) is 41.3 Å². The Morgan fingerprint density at radius 1 is 0.966 bits per heavy atom. The van der Waals surface area contributed by atoms with Crippen LogP contribution in [0.4, 0.5) is 5.69 Å². The summed E-state index contributed by atoms with van der Waals surface area (Å²) in [5.74, 6) is 0.603. The molecular weight excluding hydrogens is 392 g/mol. The second kappa shape index (κ2) is 8.84. The van der Waals surface area contributed by atoms with Gasteiger partial charge in [-0.05, 0) is 49.6 Å². The predicted octanol–water partition coefficient (Wildman–Crippen LogP) is 3.44. The minimum Gasteiger partial charge on any atom is -0.497 e. The van der Waals surface area contributed by atoms with Gasteiger partial charge in [-0.15, -0.1) is 0 Å². The maximum absolute atomic E-state index is 13.1. The van der Waals surface area contributed by atoms with E-state index in [1.807, 2.05) is 0 Å². The van der Waals surface area contributed by atoms with Crippen LogP contribution in [0.3, 0.4) is 0 Å². The number of amides is 1. The van der Waals surface area contributed by atoms with Gasteiger partial charge in [-0.2, -0.15) is 4.31 Å². The molecule has 0 atom stereocenters. The van der Waals surface area contributed by atoms with Crippen LogP contribution in [0, 0.1) is 6.92 Å². The SMILES string of the molecule is COc1cc(OC)cc(C(=O)Nc2ccc(C)c(S(=O)(=O)N3CCCCC3)c2)c1. The number of nitrogens with zero attached hydrogens (tertiary/aromatic N) is 1. The lowest BCUT2D eigenvalue weighted by atomic mass is 10.1. The van der Waals surface area contributed by atoms with Crippen molar-refractivity contribution in [2.24, 2.45) is 0 Å². The molecule has 2 aromatic rings. The van der Waals surface area contributed by atoms with Gasteiger partial charge in [0.15, 0.2) is 0 Å². The zero-order valence-corrected chi connectivity index (χ0v) is 17.7. The number of aryl methyl sites for hydroxylation is 1. The highest BCUT2D eigenvalue weighted by Crippen LogP contribution is 2.27. The molecule has 0 saturated carbocycles. The molecule has 0 bridgehead atoms. The van der Waals surface area contributed by atoms with Gasteiger partial charge >= 0.3 is 0 Å². The van der Waals surface area contributed by atoms with Crippen molar-refractivity contribution in [2.45, 2.75) is 31.1 Å². The van der Waals surface area contributed by atoms with Crippen LogP contribution in [0.2, 0.25) is 0 Å². The quantitative estimate of drug-likeness (QED) is 0.777. The number of ether oxygens (including phenoxy) is 2. The zero-order valence-electron chi connectivity index (χ0n) is 16.9. The Bertz CT molecular complexity index is 976. The topological polar surface area (TPSA) is 84.9 Å². The molecule has 3 rings (SSSR count). The van der Waals surface area contributed by atoms with E-state index in [0.29, 0.717) is 41.4 Å². The summed E-state index contributed by atoms with van der Waals surface area (Å²) in [6, 6.07) is 9.79. The maximum Gasteiger partial charge on any atom is 0.255 e. The zero-order chi connectivity index (χ0) is 21.0. The van der Waals surface area contributed by atoms with Crippen molar-refractivity contribution in [2.75, 3.05) is 32.6 Å². The van der Waals surface area contributed by atoms with Crippen molar-refractivity contribution in [3.8, 4) is 11.5 Å². The average molecular weight is 419 g/mol. The Hall–Kier alpha value is -2.58. The first kappa shape index (κ1) is 21.1. The van der Waals surface area contributed by atoms with Crippen molar-refractivity contribution in [1.82, 2.24) is 4.31 Å². The van der Waals surface area contributed by atoms with Gasteiger partial charge in [0.1, 0.15) is 11.5 Å². The Balaban J connectivity index is 1.87. The monoisotopic (exact) mass is 418 g/mol. The fraction of sp³-hybridized carbons (Fsp3) is 0.381. The second-order valence-corrected chi connectivity index (χ2v) is 8.91. The van der Waals surface area contributed by atoms with Crippen LogP contribution in [-0.4, -0.2) is 45.9 Å². The Morgan fingerprint density at radius 3 is 2.17 bits per heavy atom. The summed E-state index contributed by atoms with van der Waals surface area (Å²) < 4.78 is 38.1. The van der Waals surface area contributed by atoms with Crippen LogP contribution in [-0.2, 0) is 10.0 Å². The molecule has 8 heteroatoms. The predicted molar refractivity (Wildman–Crippen MR) is 111 cm³/mol. The van der Waals surface area contributed by atoms with Gasteiger partial charge in [-0.3, -0.25) is 4.79 Å². The highest BCUT2D eigenvalue weighted by molar-refractivity contribution is 7.89. The Morgan fingerprint density at radius 2 is 1.59 bits per heavy atom. The second-order valence-electron chi connectivity index (χ2n) is 7.00. The highest BCUT2D eigenvalue weighted by Gasteiger charge is 2.27. The molecule has 7 nitrogen and oxygen atoms in total. The summed E-state index contributed by atoms with van der Waals surface area (Å²) in [5, 5.41) is 2.77. The molecule has 1 aliphatic heterocycles. The van der Waals surface area contributed by atoms with E-state index in [1.165, 1.54) is 24.6 Å². The summed E-state index contributed by atoms with van der Waals surface area (Å²) in [4.78, 5) is 12.9. The molecule has 1 fully saturated rings. The van der Waals surface area contributed by atoms with E-state index >= 15 is 0 Å². The fourth-order valence-electron chi connectivity index (χ4n) is 3.34. The molecular formula is C21H26N2O5S. The number of hydrogen-bond acceptors (Lipinski definition) is 5. The van der Waals surface area contributed by atoms with Gasteiger partial charge in [0.25, 0.3) is 5.91 Å². The van der Waals surface area contributed by atoms with E-state index < -0.39 is 10.0 Å². The molecule has 1 N–H and O–H groups in total. The molecule has 2 aromatic carbocycles. The number of carbonyl (C=O) groups is 1. The van der Waals surface area contributed by atoms with Crippen molar-refractivity contribution in [3.05, 3.63) is 47.5 Å². The van der Waals surface area contributed by atoms with E-state index in [0.717, 1.165) is 19.3 Å². The number of methoxy groups -OCH3 is 2. The highest BCUT2D eigenvalue weighted by atomic mass is 32.2. The number of carbonyl (C=O) groups excluding carboxylic acids is 1. The van der Waals surface area contributed by atoms with Crippen LogP contribution < -0.4 is 14.8 Å². The summed E-state index contributed by atoms with van der Waals surface area (Å²) in [6.07, 6.45) is 2.78. The molecule has 1 heterocycles. The minimum atomic E-state index is -3.59. The molecule has 1 amide bonds. The molecule has 0 aliphatic carbocycles. The van der Waals surface area contributed by atoms with Crippen LogP contribution in [0.5, 0.6) is 11.5 Å². The molecule has 0 radical (unpaired) electrons. The largest absolute Gasteiger partial charge is 0.497 e. The smallest absolute Gasteiger partial charge is 0.255 e. The number of nitrogens with one attached hydrogen (secondary N) is 1. The summed E-state index contributed by atoms with van der Waals surface area (Å²) in [5.41, 5.74) is 1.41. The first-order valence-electron chi connectivity index (χ1n) is 9.50. The number of anilines is 1. The standard InChI is InChI=1S/C21H26N2O5S/c1-15-7-8-17(13-20(15)29(25,26)23-9-5-4-6-10-23)22-21(24)16-11-18(27-2)14-19(12-16)28-3/h7-8,11-14H,4-6,9-10H2,1-3H3,(H,22,24). The lowest BCUT2D eigenvalue weighted by Crippen LogP contribution is -2.36. The van der Waals surface area contributed by atoms with Gasteiger partial charge < -0.3 is 14.8 Å². The molecule has 1 saturated heterocycles. The maximum atomic E-state index is 13.1. The van der Waals surface area contributed by atoms with Crippen LogP contribution in [0.25, 0.3) is 0 Å². The van der Waals surface area contributed by atoms with Crippen LogP contribution in [0.1, 0.15) is 35.2 Å². The van der Waals surface area contributed by atoms with Gasteiger partial charge in [0, 0.05) is 30.4 Å². The first-order valence-corrected chi connectivity index (χ1v) is 10.9. The third kappa shape index (κ3) is 4.71. The van der Waals surface area contributed by atoms with E-state index in [1.54, 1.807) is 37.3 Å². The van der Waals surface area contributed by atoms with E-state index in [9.17, 15) is 13.2 Å². The third-order valence-corrected chi connectivity index (χ3v) is 7.03. The normalized spacial score (nSPS) is 15.0. The number of hydrogen-bond donors (Lipinski definition) is 1. The molecule has 0 unspecified atom stereocenters. The van der Waals surface area contributed by atoms with Crippen molar-refractivity contribution in [3.63, 3.8) is 0 Å². The van der Waals surface area contributed by atoms with Gasteiger partial charge in [-0.25, -0.2) is 8.42 Å². The number of piperidine rings is 1. The van der Waals surface area contributed by atoms with Crippen LogP contribution >= 0.6 is 0 Å². The summed E-state index contributed by atoms with van der Waals surface area (Å²) in [7, 11) is -0.579. The molecule has 0 aromatic heterocycles. The summed E-state index contributed by atoms with van der Waals surface area (Å²) >= 11 is 0. The Kier molecular flexibility index (Phi) is 6.44. The molecule has 0 spiro atoms. The molecule has 156 valence electrons. The Labute approximate surface area is 171 Å². The third-order valence-electron chi connectivity index (χ3n) is 4.99. The molecule has 29 heavy (non-hydrogen) atoms. The number of benzene rings is 2. The minimum absolute atomic E-state index is 0.223. The van der Waals surface area contributed by atoms with E-state index in [2.05, 4.69) is 5.32 Å². The van der Waals surface area contributed by atoms with E-state index in [-0.39, 0.29) is 10.8 Å². The molecule has 1 aliphatic rings. The van der Waals surface area contributed by atoms with E-state index in [4.69, 9.17) is 9.47 Å². The van der Waals surface area contributed by atoms with Crippen molar-refractivity contribution >= 4 is 21.6 Å². The lowest BCUT2D eigenvalue weighted by Gasteiger charge is -2.26. The van der Waals surface area contributed by atoms with Gasteiger partial charge in [0.05, 0.1) is 19.1 Å². The first-order chi connectivity index (χ1) is 13.8. The lowest BCUT2D eigenvalue weighted by molar-refractivity contribution is 0.102. The van der Waals surface area contributed by atoms with Gasteiger partial charge in [-0.1, -0.05) is 12.5 Å². The average Bonchev–Trinajstić information content (AvgIpc) is 2.75. The number of rotatable bonds is 6.